The second kappa shape index (κ2) is 6.79. The molecule has 0 atom stereocenters. The third-order valence-corrected chi connectivity index (χ3v) is 3.14. The Morgan fingerprint density at radius 3 is 2.42 bits per heavy atom. The quantitative estimate of drug-likeness (QED) is 0.618. The molecule has 0 aliphatic carbocycles. The molecule has 0 aromatic rings. The zero-order valence-corrected chi connectivity index (χ0v) is 9.76. The van der Waals surface area contributed by atoms with Crippen molar-refractivity contribution in [2.75, 3.05) is 18.1 Å². The van der Waals surface area contributed by atoms with Gasteiger partial charge in [0.2, 0.25) is 0 Å². The maximum absolute atomic E-state index is 3.55. The van der Waals surface area contributed by atoms with Gasteiger partial charge in [0.15, 0.2) is 0 Å². The van der Waals surface area contributed by atoms with E-state index in [2.05, 4.69) is 33.0 Å². The third-order valence-electron chi connectivity index (χ3n) is 2.16. The Kier molecular flexibility index (Phi) is 6.96. The largest absolute Gasteiger partial charge is 0.312 e. The Balaban J connectivity index is 3.19. The molecule has 0 saturated heterocycles. The molecule has 0 rings (SSSR count). The van der Waals surface area contributed by atoms with E-state index in [-0.39, 0.29) is 0 Å². The van der Waals surface area contributed by atoms with Crippen molar-refractivity contribution in [3.63, 3.8) is 0 Å². The Morgan fingerprint density at radius 1 is 1.25 bits per heavy atom. The fourth-order valence-corrected chi connectivity index (χ4v) is 1.51. The van der Waals surface area contributed by atoms with Crippen LogP contribution in [0, 0.1) is 0 Å². The van der Waals surface area contributed by atoms with Crippen LogP contribution < -0.4 is 5.32 Å². The van der Waals surface area contributed by atoms with Crippen molar-refractivity contribution in [2.45, 2.75) is 46.1 Å². The lowest BCUT2D eigenvalue weighted by molar-refractivity contribution is 0.378. The van der Waals surface area contributed by atoms with Crippen LogP contribution in [0.3, 0.4) is 0 Å². The van der Waals surface area contributed by atoms with Gasteiger partial charge in [0.05, 0.1) is 0 Å². The van der Waals surface area contributed by atoms with Crippen molar-refractivity contribution in [1.29, 1.82) is 0 Å². The molecule has 0 saturated carbocycles. The van der Waals surface area contributed by atoms with Crippen LogP contribution in [0.1, 0.15) is 40.5 Å². The molecule has 0 radical (unpaired) electrons. The molecule has 1 nitrogen and oxygen atoms in total. The van der Waals surface area contributed by atoms with Gasteiger partial charge in [-0.25, -0.2) is 0 Å². The average Bonchev–Trinajstić information content (AvgIpc) is 2.04. The van der Waals surface area contributed by atoms with Crippen molar-refractivity contribution >= 4 is 11.8 Å². The van der Waals surface area contributed by atoms with Crippen LogP contribution in [-0.2, 0) is 0 Å². The van der Waals surface area contributed by atoms with Gasteiger partial charge in [0.25, 0.3) is 0 Å². The highest BCUT2D eigenvalue weighted by atomic mass is 32.2. The van der Waals surface area contributed by atoms with E-state index in [1.54, 1.807) is 0 Å². The van der Waals surface area contributed by atoms with Gasteiger partial charge in [-0.3, -0.25) is 0 Å². The minimum absolute atomic E-state index is 0.330. The predicted molar refractivity (Wildman–Crippen MR) is 60.0 cm³/mol. The molecule has 0 aromatic heterocycles. The fourth-order valence-electron chi connectivity index (χ4n) is 0.870. The number of hydrogen-bond donors (Lipinski definition) is 1. The first-order valence-corrected chi connectivity index (χ1v) is 6.10. The smallest absolute Gasteiger partial charge is 0.0122 e. The van der Waals surface area contributed by atoms with Crippen molar-refractivity contribution < 1.29 is 0 Å². The number of thioether (sulfide) groups is 1. The molecule has 0 spiro atoms. The van der Waals surface area contributed by atoms with E-state index in [1.807, 2.05) is 11.8 Å². The summed E-state index contributed by atoms with van der Waals surface area (Å²) >= 11 is 2.03. The van der Waals surface area contributed by atoms with E-state index in [0.29, 0.717) is 5.54 Å². The standard InChI is InChI=1S/C10H23NS/c1-5-10(3,4)11-8-7-9-12-6-2/h11H,5-9H2,1-4H3. The van der Waals surface area contributed by atoms with Gasteiger partial charge >= 0.3 is 0 Å². The van der Waals surface area contributed by atoms with Crippen molar-refractivity contribution in [3.05, 3.63) is 0 Å². The molecule has 1 N–H and O–H groups in total. The normalized spacial score (nSPS) is 12.0. The molecule has 0 unspecified atom stereocenters. The summed E-state index contributed by atoms with van der Waals surface area (Å²) in [7, 11) is 0. The first kappa shape index (κ1) is 12.3. The predicted octanol–water partition coefficient (Wildman–Crippen LogP) is 2.91. The van der Waals surface area contributed by atoms with Gasteiger partial charge < -0.3 is 5.32 Å². The molecule has 0 aliphatic rings. The lowest BCUT2D eigenvalue weighted by Gasteiger charge is -2.24. The second-order valence-electron chi connectivity index (χ2n) is 3.71. The van der Waals surface area contributed by atoms with Crippen LogP contribution >= 0.6 is 11.8 Å². The van der Waals surface area contributed by atoms with Gasteiger partial charge in [-0.2, -0.15) is 11.8 Å². The summed E-state index contributed by atoms with van der Waals surface area (Å²) in [4.78, 5) is 0. The van der Waals surface area contributed by atoms with E-state index in [9.17, 15) is 0 Å². The zero-order valence-electron chi connectivity index (χ0n) is 8.94. The number of hydrogen-bond acceptors (Lipinski definition) is 2. The Labute approximate surface area is 81.7 Å². The van der Waals surface area contributed by atoms with Crippen LogP contribution in [0.25, 0.3) is 0 Å². The Bertz CT molecular complexity index is 102. The molecule has 0 fully saturated rings. The summed E-state index contributed by atoms with van der Waals surface area (Å²) < 4.78 is 0. The minimum Gasteiger partial charge on any atom is -0.312 e. The maximum atomic E-state index is 3.55. The minimum atomic E-state index is 0.330. The monoisotopic (exact) mass is 189 g/mol. The highest BCUT2D eigenvalue weighted by Crippen LogP contribution is 2.07. The highest BCUT2D eigenvalue weighted by Gasteiger charge is 2.12. The molecular weight excluding hydrogens is 166 g/mol. The van der Waals surface area contributed by atoms with Crippen molar-refractivity contribution in [1.82, 2.24) is 5.32 Å². The first-order valence-electron chi connectivity index (χ1n) is 4.95. The molecule has 0 heterocycles. The molecular formula is C10H23NS. The molecule has 0 bridgehead atoms. The van der Waals surface area contributed by atoms with Gasteiger partial charge in [-0.15, -0.1) is 0 Å². The van der Waals surface area contributed by atoms with Crippen LogP contribution in [0.15, 0.2) is 0 Å². The van der Waals surface area contributed by atoms with Gasteiger partial charge in [0, 0.05) is 5.54 Å². The Hall–Kier alpha value is 0.310. The summed E-state index contributed by atoms with van der Waals surface area (Å²) in [5.41, 5.74) is 0.330. The fraction of sp³-hybridized carbons (Fsp3) is 1.00. The average molecular weight is 189 g/mol. The van der Waals surface area contributed by atoms with Gasteiger partial charge in [0.1, 0.15) is 0 Å². The molecule has 0 amide bonds. The lowest BCUT2D eigenvalue weighted by Crippen LogP contribution is -2.39. The summed E-state index contributed by atoms with van der Waals surface area (Å²) in [5.74, 6) is 2.54. The maximum Gasteiger partial charge on any atom is 0.0122 e. The van der Waals surface area contributed by atoms with Crippen molar-refractivity contribution in [2.24, 2.45) is 0 Å². The molecule has 74 valence electrons. The zero-order chi connectivity index (χ0) is 9.45. The molecule has 2 heteroatoms. The highest BCUT2D eigenvalue weighted by molar-refractivity contribution is 7.99. The molecule has 12 heavy (non-hydrogen) atoms. The summed E-state index contributed by atoms with van der Waals surface area (Å²) in [5, 5.41) is 3.55. The summed E-state index contributed by atoms with van der Waals surface area (Å²) in [6.07, 6.45) is 2.50. The second-order valence-corrected chi connectivity index (χ2v) is 5.11. The van der Waals surface area contributed by atoms with Crippen LogP contribution in [0.4, 0.5) is 0 Å². The van der Waals surface area contributed by atoms with Gasteiger partial charge in [-0.1, -0.05) is 13.8 Å². The molecule has 0 aromatic carbocycles. The van der Waals surface area contributed by atoms with Gasteiger partial charge in [-0.05, 0) is 44.7 Å². The van der Waals surface area contributed by atoms with E-state index < -0.39 is 0 Å². The first-order chi connectivity index (χ1) is 5.62. The summed E-state index contributed by atoms with van der Waals surface area (Å²) in [6, 6.07) is 0. The summed E-state index contributed by atoms with van der Waals surface area (Å²) in [6.45, 7) is 10.1. The molecule has 0 aliphatic heterocycles. The van der Waals surface area contributed by atoms with Crippen LogP contribution in [0.5, 0.6) is 0 Å². The number of nitrogens with one attached hydrogen (secondary N) is 1. The topological polar surface area (TPSA) is 12.0 Å². The van der Waals surface area contributed by atoms with E-state index in [4.69, 9.17) is 0 Å². The lowest BCUT2D eigenvalue weighted by atomic mass is 10.0. The SMILES string of the molecule is CCSCCCNC(C)(C)CC. The van der Waals surface area contributed by atoms with Crippen LogP contribution in [-0.4, -0.2) is 23.6 Å². The van der Waals surface area contributed by atoms with E-state index in [0.717, 1.165) is 6.54 Å². The van der Waals surface area contributed by atoms with Crippen LogP contribution in [0.2, 0.25) is 0 Å². The Morgan fingerprint density at radius 2 is 1.92 bits per heavy atom. The third kappa shape index (κ3) is 6.99. The van der Waals surface area contributed by atoms with E-state index >= 15 is 0 Å². The van der Waals surface area contributed by atoms with Crippen molar-refractivity contribution in [3.8, 4) is 0 Å². The number of rotatable bonds is 7. The van der Waals surface area contributed by atoms with E-state index in [1.165, 1.54) is 24.3 Å².